The second kappa shape index (κ2) is 11.1. The first-order valence-corrected chi connectivity index (χ1v) is 10.9. The number of hydrogen-bond acceptors (Lipinski definition) is 3. The van der Waals surface area contributed by atoms with Crippen LogP contribution in [-0.4, -0.2) is 41.7 Å². The van der Waals surface area contributed by atoms with Gasteiger partial charge in [-0.25, -0.2) is 0 Å². The monoisotopic (exact) mass is 394 g/mol. The van der Waals surface area contributed by atoms with E-state index in [1.807, 2.05) is 36.4 Å². The molecule has 2 N–H and O–H groups in total. The van der Waals surface area contributed by atoms with Crippen molar-refractivity contribution in [1.29, 1.82) is 0 Å². The molecule has 0 bridgehead atoms. The Morgan fingerprint density at radius 3 is 2.17 bits per heavy atom. The maximum atomic E-state index is 13.0. The summed E-state index contributed by atoms with van der Waals surface area (Å²) >= 11 is 0. The predicted molar refractivity (Wildman–Crippen MR) is 118 cm³/mol. The summed E-state index contributed by atoms with van der Waals surface area (Å²) in [4.78, 5) is 15.2. The summed E-state index contributed by atoms with van der Waals surface area (Å²) in [6, 6.07) is 20.9. The van der Waals surface area contributed by atoms with Gasteiger partial charge in [0.25, 0.3) is 0 Å². The van der Waals surface area contributed by atoms with Crippen molar-refractivity contribution in [2.45, 2.75) is 51.1 Å². The average Bonchev–Trinajstić information content (AvgIpc) is 2.75. The molecular weight excluding hydrogens is 360 g/mol. The molecule has 3 rings (SSSR count). The Bertz CT molecular complexity index is 696. The lowest BCUT2D eigenvalue weighted by molar-refractivity contribution is -0.124. The largest absolute Gasteiger partial charge is 0.396 e. The summed E-state index contributed by atoms with van der Waals surface area (Å²) in [6.45, 7) is 3.36. The Labute approximate surface area is 174 Å². The van der Waals surface area contributed by atoms with Crippen LogP contribution in [0.3, 0.4) is 0 Å². The van der Waals surface area contributed by atoms with Crippen molar-refractivity contribution in [3.63, 3.8) is 0 Å². The van der Waals surface area contributed by atoms with Gasteiger partial charge in [0.1, 0.15) is 0 Å². The van der Waals surface area contributed by atoms with E-state index in [-0.39, 0.29) is 24.6 Å². The Balaban J connectivity index is 1.80. The molecule has 4 nitrogen and oxygen atoms in total. The van der Waals surface area contributed by atoms with Crippen molar-refractivity contribution in [1.82, 2.24) is 10.2 Å². The third kappa shape index (κ3) is 6.15. The number of carbonyl (C=O) groups excluding carboxylic acids is 1. The van der Waals surface area contributed by atoms with Crippen LogP contribution in [-0.2, 0) is 4.79 Å². The minimum absolute atomic E-state index is 0.0153. The van der Waals surface area contributed by atoms with E-state index < -0.39 is 0 Å². The number of aliphatic hydroxyl groups excluding tert-OH is 1. The summed E-state index contributed by atoms with van der Waals surface area (Å²) in [5.74, 6) is 0.621. The summed E-state index contributed by atoms with van der Waals surface area (Å²) < 4.78 is 0. The zero-order chi connectivity index (χ0) is 20.5. The topological polar surface area (TPSA) is 52.6 Å². The molecule has 0 radical (unpaired) electrons. The number of aliphatic hydroxyl groups is 1. The average molecular weight is 395 g/mol. The van der Waals surface area contributed by atoms with Crippen LogP contribution in [0.4, 0.5) is 0 Å². The Morgan fingerprint density at radius 2 is 1.62 bits per heavy atom. The highest BCUT2D eigenvalue weighted by Crippen LogP contribution is 2.29. The predicted octanol–water partition coefficient (Wildman–Crippen LogP) is 4.16. The first-order valence-electron chi connectivity index (χ1n) is 10.9. The number of benzene rings is 2. The summed E-state index contributed by atoms with van der Waals surface area (Å²) in [6.07, 6.45) is 5.36. The van der Waals surface area contributed by atoms with Crippen LogP contribution in [0.25, 0.3) is 0 Å². The van der Waals surface area contributed by atoms with Gasteiger partial charge >= 0.3 is 0 Å². The molecule has 2 aromatic rings. The molecule has 2 unspecified atom stereocenters. The van der Waals surface area contributed by atoms with Crippen LogP contribution in [0.5, 0.6) is 0 Å². The molecule has 0 saturated heterocycles. The minimum Gasteiger partial charge on any atom is -0.396 e. The van der Waals surface area contributed by atoms with E-state index in [0.29, 0.717) is 25.4 Å². The number of hydrogen-bond donors (Lipinski definition) is 2. The molecular formula is C25H34N2O2. The zero-order valence-corrected chi connectivity index (χ0v) is 17.5. The molecule has 1 amide bonds. The Kier molecular flexibility index (Phi) is 8.26. The Hall–Kier alpha value is -2.17. The molecule has 1 aliphatic carbocycles. The molecule has 4 heteroatoms. The summed E-state index contributed by atoms with van der Waals surface area (Å²) in [7, 11) is 0. The van der Waals surface area contributed by atoms with Crippen molar-refractivity contribution < 1.29 is 9.90 Å². The van der Waals surface area contributed by atoms with Gasteiger partial charge in [0.15, 0.2) is 0 Å². The van der Waals surface area contributed by atoms with E-state index in [0.717, 1.165) is 17.5 Å². The molecule has 29 heavy (non-hydrogen) atoms. The van der Waals surface area contributed by atoms with Crippen molar-refractivity contribution in [3.05, 3.63) is 71.8 Å². The third-order valence-corrected chi connectivity index (χ3v) is 6.00. The van der Waals surface area contributed by atoms with E-state index in [2.05, 4.69) is 41.4 Å². The van der Waals surface area contributed by atoms with Gasteiger partial charge in [-0.15, -0.1) is 0 Å². The highest BCUT2D eigenvalue weighted by molar-refractivity contribution is 5.78. The van der Waals surface area contributed by atoms with Gasteiger partial charge in [-0.05, 0) is 36.3 Å². The van der Waals surface area contributed by atoms with Crippen LogP contribution in [0.15, 0.2) is 60.7 Å². The molecule has 156 valence electrons. The summed E-state index contributed by atoms with van der Waals surface area (Å²) in [5, 5.41) is 12.7. The van der Waals surface area contributed by atoms with Crippen molar-refractivity contribution >= 4 is 5.91 Å². The van der Waals surface area contributed by atoms with Gasteiger partial charge in [-0.3, -0.25) is 9.69 Å². The van der Waals surface area contributed by atoms with Crippen LogP contribution < -0.4 is 5.32 Å². The number of nitrogens with zero attached hydrogens (tertiary/aromatic N) is 1. The van der Waals surface area contributed by atoms with Crippen molar-refractivity contribution in [2.24, 2.45) is 5.92 Å². The smallest absolute Gasteiger partial charge is 0.234 e. The number of amides is 1. The van der Waals surface area contributed by atoms with E-state index in [1.165, 1.54) is 19.3 Å². The third-order valence-electron chi connectivity index (χ3n) is 6.00. The fourth-order valence-corrected chi connectivity index (χ4v) is 4.43. The molecule has 2 atom stereocenters. The highest BCUT2D eigenvalue weighted by Gasteiger charge is 2.27. The first-order chi connectivity index (χ1) is 14.2. The fraction of sp³-hybridized carbons (Fsp3) is 0.480. The molecule has 1 fully saturated rings. The van der Waals surface area contributed by atoms with Gasteiger partial charge in [0, 0.05) is 19.2 Å². The lowest BCUT2D eigenvalue weighted by Gasteiger charge is -2.34. The second-order valence-corrected chi connectivity index (χ2v) is 8.21. The van der Waals surface area contributed by atoms with Crippen LogP contribution in [0.2, 0.25) is 0 Å². The van der Waals surface area contributed by atoms with Gasteiger partial charge in [-0.1, -0.05) is 80.4 Å². The lowest BCUT2D eigenvalue weighted by Crippen LogP contribution is -2.46. The minimum atomic E-state index is -0.0153. The fourth-order valence-electron chi connectivity index (χ4n) is 4.43. The van der Waals surface area contributed by atoms with E-state index in [9.17, 15) is 9.90 Å². The standard InChI is InChI=1S/C25H34N2O2/c1-20-11-8-9-16-23(20)26-24(29)19-27(17-10-18-28)25(21-12-4-2-5-13-21)22-14-6-3-7-15-22/h2-7,12-15,20,23,25,28H,8-11,16-19H2,1H3,(H,26,29). The van der Waals surface area contributed by atoms with Crippen molar-refractivity contribution in [2.75, 3.05) is 19.7 Å². The van der Waals surface area contributed by atoms with E-state index >= 15 is 0 Å². The summed E-state index contributed by atoms with van der Waals surface area (Å²) in [5.41, 5.74) is 2.32. The van der Waals surface area contributed by atoms with E-state index in [1.54, 1.807) is 0 Å². The second-order valence-electron chi connectivity index (χ2n) is 8.21. The molecule has 0 heterocycles. The van der Waals surface area contributed by atoms with Crippen LogP contribution in [0.1, 0.15) is 56.2 Å². The SMILES string of the molecule is CC1CCCCC1NC(=O)CN(CCCO)C(c1ccccc1)c1ccccc1. The quantitative estimate of drug-likeness (QED) is 0.672. The lowest BCUT2D eigenvalue weighted by atomic mass is 9.86. The zero-order valence-electron chi connectivity index (χ0n) is 17.5. The number of carbonyl (C=O) groups is 1. The molecule has 1 saturated carbocycles. The maximum Gasteiger partial charge on any atom is 0.234 e. The molecule has 0 aromatic heterocycles. The number of rotatable bonds is 9. The van der Waals surface area contributed by atoms with Gasteiger partial charge in [0.05, 0.1) is 12.6 Å². The van der Waals surface area contributed by atoms with Gasteiger partial charge in [-0.2, -0.15) is 0 Å². The highest BCUT2D eigenvalue weighted by atomic mass is 16.3. The molecule has 1 aliphatic rings. The molecule has 0 aliphatic heterocycles. The molecule has 0 spiro atoms. The van der Waals surface area contributed by atoms with Gasteiger partial charge in [0.2, 0.25) is 5.91 Å². The Morgan fingerprint density at radius 1 is 1.03 bits per heavy atom. The molecule has 2 aromatic carbocycles. The van der Waals surface area contributed by atoms with Crippen molar-refractivity contribution in [3.8, 4) is 0 Å². The van der Waals surface area contributed by atoms with Crippen LogP contribution >= 0.6 is 0 Å². The first kappa shape index (κ1) is 21.5. The maximum absolute atomic E-state index is 13.0. The normalized spacial score (nSPS) is 19.4. The van der Waals surface area contributed by atoms with Crippen LogP contribution in [0, 0.1) is 5.92 Å². The van der Waals surface area contributed by atoms with E-state index in [4.69, 9.17) is 0 Å². The van der Waals surface area contributed by atoms with Gasteiger partial charge < -0.3 is 10.4 Å². The number of nitrogens with one attached hydrogen (secondary N) is 1.